The molecule has 0 saturated heterocycles. The Morgan fingerprint density at radius 2 is 1.71 bits per heavy atom. The van der Waals surface area contributed by atoms with Crippen LogP contribution in [0.4, 0.5) is 0 Å². The van der Waals surface area contributed by atoms with Gasteiger partial charge in [-0.05, 0) is 19.9 Å². The van der Waals surface area contributed by atoms with Crippen molar-refractivity contribution < 1.29 is 19.1 Å². The van der Waals surface area contributed by atoms with Crippen molar-refractivity contribution in [2.24, 2.45) is 0 Å². The van der Waals surface area contributed by atoms with E-state index in [0.717, 1.165) is 0 Å². The maximum absolute atomic E-state index is 11.1. The van der Waals surface area contributed by atoms with Crippen LogP contribution in [-0.4, -0.2) is 18.5 Å². The molecule has 0 aliphatic carbocycles. The summed E-state index contributed by atoms with van der Waals surface area (Å²) < 4.78 is 9.18. The molecule has 0 heterocycles. The van der Waals surface area contributed by atoms with E-state index in [-0.39, 0.29) is 17.9 Å². The van der Waals surface area contributed by atoms with E-state index in [1.165, 1.54) is 0 Å². The molecule has 0 N–H and O–H groups in total. The molecule has 0 aliphatic heterocycles. The van der Waals surface area contributed by atoms with E-state index < -0.39 is 11.9 Å². The van der Waals surface area contributed by atoms with E-state index >= 15 is 0 Å². The van der Waals surface area contributed by atoms with Gasteiger partial charge in [0.1, 0.15) is 0 Å². The summed E-state index contributed by atoms with van der Waals surface area (Å²) in [5.41, 5.74) is 0.287. The Morgan fingerprint density at radius 3 is 2.14 bits per heavy atom. The summed E-state index contributed by atoms with van der Waals surface area (Å²) >= 11 is 0. The van der Waals surface area contributed by atoms with Gasteiger partial charge in [-0.15, -0.1) is 0 Å². The SMILES string of the molecule is C=C(CC)C(=O)OC(=C)C(=O)OCC. The number of hydrogen-bond acceptors (Lipinski definition) is 4. The minimum atomic E-state index is -0.732. The third-order valence-corrected chi connectivity index (χ3v) is 1.43. The largest absolute Gasteiger partial charge is 0.460 e. The lowest BCUT2D eigenvalue weighted by molar-refractivity contribution is -0.149. The Balaban J connectivity index is 4.13. The van der Waals surface area contributed by atoms with Crippen LogP contribution in [0.15, 0.2) is 24.5 Å². The van der Waals surface area contributed by atoms with Gasteiger partial charge in [-0.25, -0.2) is 9.59 Å². The lowest BCUT2D eigenvalue weighted by atomic mass is 10.2. The highest BCUT2D eigenvalue weighted by atomic mass is 16.6. The van der Waals surface area contributed by atoms with Gasteiger partial charge in [0.05, 0.1) is 6.61 Å². The van der Waals surface area contributed by atoms with Crippen LogP contribution in [0.5, 0.6) is 0 Å². The Morgan fingerprint density at radius 1 is 1.14 bits per heavy atom. The first kappa shape index (κ1) is 12.4. The topological polar surface area (TPSA) is 52.6 Å². The smallest absolute Gasteiger partial charge is 0.373 e. The zero-order chi connectivity index (χ0) is 11.1. The molecule has 0 fully saturated rings. The number of rotatable bonds is 5. The molecule has 0 aliphatic rings. The molecular weight excluding hydrogens is 184 g/mol. The Hall–Kier alpha value is -1.58. The minimum Gasteiger partial charge on any atom is -0.460 e. The zero-order valence-corrected chi connectivity index (χ0v) is 8.46. The van der Waals surface area contributed by atoms with Crippen molar-refractivity contribution in [3.05, 3.63) is 24.5 Å². The van der Waals surface area contributed by atoms with E-state index in [2.05, 4.69) is 22.6 Å². The normalized spacial score (nSPS) is 9.00. The molecule has 0 atom stereocenters. The molecule has 0 aromatic heterocycles. The first-order chi connectivity index (χ1) is 6.52. The van der Waals surface area contributed by atoms with Gasteiger partial charge >= 0.3 is 11.9 Å². The average Bonchev–Trinajstić information content (AvgIpc) is 2.16. The van der Waals surface area contributed by atoms with E-state index in [1.807, 2.05) is 0 Å². The summed E-state index contributed by atoms with van der Waals surface area (Å²) in [6.45, 7) is 10.4. The lowest BCUT2D eigenvalue weighted by Gasteiger charge is -2.06. The minimum absolute atomic E-state index is 0.212. The predicted molar refractivity (Wildman–Crippen MR) is 51.3 cm³/mol. The maximum Gasteiger partial charge on any atom is 0.373 e. The molecule has 4 heteroatoms. The molecule has 0 amide bonds. The van der Waals surface area contributed by atoms with Gasteiger partial charge in [-0.3, -0.25) is 0 Å². The standard InChI is InChI=1S/C10H14O4/c1-5-7(3)9(11)14-8(4)10(12)13-6-2/h3-6H2,1-2H3. The maximum atomic E-state index is 11.1. The Bertz CT molecular complexity index is 265. The molecule has 4 nitrogen and oxygen atoms in total. The number of carbonyl (C=O) groups is 2. The highest BCUT2D eigenvalue weighted by Crippen LogP contribution is 2.05. The molecule has 0 saturated carbocycles. The van der Waals surface area contributed by atoms with Crippen LogP contribution in [-0.2, 0) is 19.1 Å². The summed E-state index contributed by atoms with van der Waals surface area (Å²) in [4.78, 5) is 22.1. The Labute approximate surface area is 83.2 Å². The van der Waals surface area contributed by atoms with Crippen LogP contribution in [0, 0.1) is 0 Å². The molecule has 0 aromatic carbocycles. The molecular formula is C10H14O4. The summed E-state index contributed by atoms with van der Waals surface area (Å²) in [7, 11) is 0. The van der Waals surface area contributed by atoms with Crippen molar-refractivity contribution >= 4 is 11.9 Å². The fourth-order valence-electron chi connectivity index (χ4n) is 0.582. The van der Waals surface area contributed by atoms with Crippen LogP contribution in [0.2, 0.25) is 0 Å². The van der Waals surface area contributed by atoms with Crippen molar-refractivity contribution in [3.63, 3.8) is 0 Å². The van der Waals surface area contributed by atoms with E-state index in [1.54, 1.807) is 13.8 Å². The Kier molecular flexibility index (Phi) is 5.29. The van der Waals surface area contributed by atoms with Gasteiger partial charge in [0.2, 0.25) is 5.76 Å². The fourth-order valence-corrected chi connectivity index (χ4v) is 0.582. The predicted octanol–water partition coefficient (Wildman–Crippen LogP) is 1.57. The molecule has 0 aromatic rings. The third-order valence-electron chi connectivity index (χ3n) is 1.43. The van der Waals surface area contributed by atoms with Crippen LogP contribution in [0.25, 0.3) is 0 Å². The van der Waals surface area contributed by atoms with Crippen LogP contribution in [0.3, 0.4) is 0 Å². The van der Waals surface area contributed by atoms with Crippen molar-refractivity contribution in [2.45, 2.75) is 20.3 Å². The fraction of sp³-hybridized carbons (Fsp3) is 0.400. The number of hydrogen-bond donors (Lipinski definition) is 0. The summed E-state index contributed by atoms with van der Waals surface area (Å²) in [6, 6.07) is 0. The second kappa shape index (κ2) is 5.96. The highest BCUT2D eigenvalue weighted by molar-refractivity contribution is 5.94. The number of esters is 2. The molecule has 14 heavy (non-hydrogen) atoms. The van der Waals surface area contributed by atoms with E-state index in [9.17, 15) is 9.59 Å². The molecule has 78 valence electrons. The summed E-state index contributed by atoms with van der Waals surface area (Å²) in [6.07, 6.45) is 0.467. The van der Waals surface area contributed by atoms with Crippen molar-refractivity contribution in [3.8, 4) is 0 Å². The van der Waals surface area contributed by atoms with Crippen LogP contribution >= 0.6 is 0 Å². The van der Waals surface area contributed by atoms with Gasteiger partial charge in [-0.1, -0.05) is 13.5 Å². The lowest BCUT2D eigenvalue weighted by Crippen LogP contribution is -2.14. The van der Waals surface area contributed by atoms with Gasteiger partial charge in [-0.2, -0.15) is 0 Å². The van der Waals surface area contributed by atoms with Crippen molar-refractivity contribution in [1.82, 2.24) is 0 Å². The van der Waals surface area contributed by atoms with Gasteiger partial charge in [0.15, 0.2) is 0 Å². The summed E-state index contributed by atoms with van der Waals surface area (Å²) in [5.74, 6) is -1.69. The molecule has 0 bridgehead atoms. The molecule has 0 spiro atoms. The molecule has 0 rings (SSSR count). The quantitative estimate of drug-likeness (QED) is 0.382. The van der Waals surface area contributed by atoms with Crippen molar-refractivity contribution in [2.75, 3.05) is 6.61 Å². The third kappa shape index (κ3) is 3.89. The highest BCUT2D eigenvalue weighted by Gasteiger charge is 2.15. The average molecular weight is 198 g/mol. The van der Waals surface area contributed by atoms with Crippen molar-refractivity contribution in [1.29, 1.82) is 0 Å². The first-order valence-electron chi connectivity index (χ1n) is 4.28. The number of carbonyl (C=O) groups excluding carboxylic acids is 2. The van der Waals surface area contributed by atoms with Gasteiger partial charge < -0.3 is 9.47 Å². The molecule has 0 radical (unpaired) electrons. The monoisotopic (exact) mass is 198 g/mol. The molecule has 0 unspecified atom stereocenters. The first-order valence-corrected chi connectivity index (χ1v) is 4.28. The second-order valence-corrected chi connectivity index (χ2v) is 2.49. The van der Waals surface area contributed by atoms with E-state index in [0.29, 0.717) is 6.42 Å². The number of ether oxygens (including phenoxy) is 2. The second-order valence-electron chi connectivity index (χ2n) is 2.49. The van der Waals surface area contributed by atoms with Crippen LogP contribution in [0.1, 0.15) is 20.3 Å². The van der Waals surface area contributed by atoms with Gasteiger partial charge in [0, 0.05) is 5.57 Å². The zero-order valence-electron chi connectivity index (χ0n) is 8.46. The van der Waals surface area contributed by atoms with Crippen LogP contribution < -0.4 is 0 Å². The summed E-state index contributed by atoms with van der Waals surface area (Å²) in [5, 5.41) is 0. The van der Waals surface area contributed by atoms with Gasteiger partial charge in [0.25, 0.3) is 0 Å². The van der Waals surface area contributed by atoms with E-state index in [4.69, 9.17) is 0 Å².